The van der Waals surface area contributed by atoms with Gasteiger partial charge in [-0.3, -0.25) is 30.2 Å². The number of unbranched alkanes of at least 4 members (excludes halogenated alkanes) is 1. The van der Waals surface area contributed by atoms with Crippen molar-refractivity contribution in [2.45, 2.75) is 44.2 Å². The van der Waals surface area contributed by atoms with Crippen LogP contribution in [-0.2, 0) is 9.59 Å². The summed E-state index contributed by atoms with van der Waals surface area (Å²) in [5.74, 6) is -0.644. The van der Waals surface area contributed by atoms with E-state index in [1.54, 1.807) is 7.05 Å². The topological polar surface area (TPSA) is 258 Å². The number of aliphatic imine (C=N–C) groups is 3. The van der Waals surface area contributed by atoms with E-state index in [2.05, 4.69) is 30.9 Å². The molecule has 0 saturated heterocycles. The molecule has 1 rings (SSSR count). The number of nitrogens with one attached hydrogen (secondary N) is 3. The van der Waals surface area contributed by atoms with E-state index in [0.29, 0.717) is 32.5 Å². The van der Waals surface area contributed by atoms with Crippen molar-refractivity contribution < 1.29 is 14.4 Å². The van der Waals surface area contributed by atoms with Gasteiger partial charge in [-0.15, -0.1) is 0 Å². The summed E-state index contributed by atoms with van der Waals surface area (Å²) in [6, 6.07) is -1.78. The van der Waals surface area contributed by atoms with E-state index in [-0.39, 0.29) is 42.8 Å². The van der Waals surface area contributed by atoms with E-state index in [9.17, 15) is 14.4 Å². The van der Waals surface area contributed by atoms with Gasteiger partial charge in [-0.25, -0.2) is 9.79 Å². The fraction of sp³-hybridized carbons (Fsp3) is 0.667. The van der Waals surface area contributed by atoms with E-state index < -0.39 is 18.0 Å². The maximum atomic E-state index is 12.9. The lowest BCUT2D eigenvalue weighted by Crippen LogP contribution is -2.58. The first kappa shape index (κ1) is 27.4. The highest BCUT2D eigenvalue weighted by atomic mass is 16.2. The third-order valence-corrected chi connectivity index (χ3v) is 4.81. The fourth-order valence-electron chi connectivity index (χ4n) is 3.09. The number of nitrogens with zero attached hydrogens (tertiary/aromatic N) is 4. The van der Waals surface area contributed by atoms with Crippen LogP contribution in [0.2, 0.25) is 0 Å². The Balaban J connectivity index is 2.63. The molecule has 15 nitrogen and oxygen atoms in total. The van der Waals surface area contributed by atoms with E-state index in [1.165, 1.54) is 4.90 Å². The zero-order valence-corrected chi connectivity index (χ0v) is 18.9. The summed E-state index contributed by atoms with van der Waals surface area (Å²) >= 11 is 0. The number of hydrogen-bond acceptors (Lipinski definition) is 7. The second-order valence-corrected chi connectivity index (χ2v) is 7.51. The van der Waals surface area contributed by atoms with Crippen LogP contribution in [0.1, 0.15) is 32.1 Å². The van der Waals surface area contributed by atoms with Crippen LogP contribution in [0.15, 0.2) is 15.0 Å². The normalized spacial score (nSPS) is 16.1. The monoisotopic (exact) mass is 468 g/mol. The number of guanidine groups is 3. The van der Waals surface area contributed by atoms with Gasteiger partial charge < -0.3 is 38.9 Å². The Morgan fingerprint density at radius 1 is 1.12 bits per heavy atom. The molecule has 33 heavy (non-hydrogen) atoms. The Labute approximate surface area is 192 Å². The second kappa shape index (κ2) is 14.4. The van der Waals surface area contributed by atoms with Crippen molar-refractivity contribution in [1.82, 2.24) is 20.9 Å². The Kier molecular flexibility index (Phi) is 12.0. The summed E-state index contributed by atoms with van der Waals surface area (Å²) in [6.07, 6.45) is 3.12. The van der Waals surface area contributed by atoms with Crippen LogP contribution in [0.4, 0.5) is 4.79 Å². The molecule has 0 aromatic heterocycles. The predicted molar refractivity (Wildman–Crippen MR) is 126 cm³/mol. The number of carbonyl (C=O) groups is 3. The minimum atomic E-state index is -0.843. The molecule has 0 spiro atoms. The van der Waals surface area contributed by atoms with E-state index in [1.807, 2.05) is 0 Å². The predicted octanol–water partition coefficient (Wildman–Crippen LogP) is -3.58. The first-order valence-electron chi connectivity index (χ1n) is 10.6. The molecule has 1 aliphatic heterocycles. The lowest BCUT2D eigenvalue weighted by molar-refractivity contribution is -0.138. The Morgan fingerprint density at radius 2 is 1.76 bits per heavy atom. The first-order chi connectivity index (χ1) is 15.6. The van der Waals surface area contributed by atoms with Crippen molar-refractivity contribution >= 4 is 35.7 Å². The third-order valence-electron chi connectivity index (χ3n) is 4.81. The van der Waals surface area contributed by atoms with E-state index in [0.717, 1.165) is 12.8 Å². The highest BCUT2D eigenvalue weighted by Gasteiger charge is 2.31. The maximum Gasteiger partial charge on any atom is 0.318 e. The molecule has 0 bridgehead atoms. The van der Waals surface area contributed by atoms with Crippen molar-refractivity contribution in [3.05, 3.63) is 0 Å². The number of urea groups is 1. The number of hydrogen-bond donors (Lipinski definition) is 8. The molecule has 0 saturated carbocycles. The summed E-state index contributed by atoms with van der Waals surface area (Å²) in [5, 5.41) is 8.00. The second-order valence-electron chi connectivity index (χ2n) is 7.51. The van der Waals surface area contributed by atoms with Gasteiger partial charge in [-0.05, 0) is 32.2 Å². The Morgan fingerprint density at radius 3 is 2.33 bits per heavy atom. The van der Waals surface area contributed by atoms with Gasteiger partial charge in [0.25, 0.3) is 5.91 Å². The van der Waals surface area contributed by atoms with Crippen LogP contribution in [0.25, 0.3) is 0 Å². The summed E-state index contributed by atoms with van der Waals surface area (Å²) in [6.45, 7) is 1.66. The standard InChI is InChI=1S/C18H36N12O3/c1-30(12-10-27-18(28-14(12)32)29-17(23)33)13(31)9-11(5-4-8-26-16(21)22)24-6-2-3-7-25-15(19)20/h11-12,24H,2-10H2,1H3,(H4,19,20,25)(H4,21,22,26)(H4,23,27,28,29,32,33). The van der Waals surface area contributed by atoms with Crippen molar-refractivity contribution in [3.8, 4) is 0 Å². The largest absolute Gasteiger partial charge is 0.370 e. The molecule has 0 aliphatic carbocycles. The lowest BCUT2D eigenvalue weighted by Gasteiger charge is -2.30. The van der Waals surface area contributed by atoms with E-state index in [4.69, 9.17) is 28.7 Å². The minimum absolute atomic E-state index is 0.0110. The van der Waals surface area contributed by atoms with Gasteiger partial charge in [-0.2, -0.15) is 0 Å². The summed E-state index contributed by atoms with van der Waals surface area (Å²) in [4.78, 5) is 49.4. The molecular weight excluding hydrogens is 432 g/mol. The smallest absolute Gasteiger partial charge is 0.318 e. The summed E-state index contributed by atoms with van der Waals surface area (Å²) < 4.78 is 0. The number of primary amides is 1. The highest BCUT2D eigenvalue weighted by Crippen LogP contribution is 2.10. The van der Waals surface area contributed by atoms with Gasteiger partial charge in [0.1, 0.15) is 6.04 Å². The van der Waals surface area contributed by atoms with Gasteiger partial charge in [-0.1, -0.05) is 0 Å². The molecule has 4 amide bonds. The number of nitrogens with two attached hydrogens (primary N) is 5. The van der Waals surface area contributed by atoms with Crippen LogP contribution in [0, 0.1) is 0 Å². The van der Waals surface area contributed by atoms with Crippen LogP contribution < -0.4 is 44.6 Å². The molecule has 2 unspecified atom stereocenters. The number of carbonyl (C=O) groups excluding carboxylic acids is 3. The van der Waals surface area contributed by atoms with Gasteiger partial charge in [0.15, 0.2) is 11.9 Å². The van der Waals surface area contributed by atoms with Gasteiger partial charge in [0, 0.05) is 32.6 Å². The van der Waals surface area contributed by atoms with Crippen LogP contribution in [0.5, 0.6) is 0 Å². The van der Waals surface area contributed by atoms with Crippen LogP contribution in [-0.4, -0.2) is 85.9 Å². The average molecular weight is 469 g/mol. The zero-order chi connectivity index (χ0) is 24.8. The molecule has 15 heteroatoms. The molecule has 0 aromatic carbocycles. The van der Waals surface area contributed by atoms with Gasteiger partial charge >= 0.3 is 6.03 Å². The maximum absolute atomic E-state index is 12.9. The zero-order valence-electron chi connectivity index (χ0n) is 18.9. The molecule has 1 heterocycles. The lowest BCUT2D eigenvalue weighted by atomic mass is 10.1. The fourth-order valence-corrected chi connectivity index (χ4v) is 3.09. The molecule has 13 N–H and O–H groups in total. The van der Waals surface area contributed by atoms with Crippen LogP contribution >= 0.6 is 0 Å². The van der Waals surface area contributed by atoms with Crippen molar-refractivity contribution in [3.63, 3.8) is 0 Å². The average Bonchev–Trinajstić information content (AvgIpc) is 2.72. The van der Waals surface area contributed by atoms with Crippen molar-refractivity contribution in [1.29, 1.82) is 0 Å². The highest BCUT2D eigenvalue weighted by molar-refractivity contribution is 6.07. The minimum Gasteiger partial charge on any atom is -0.370 e. The molecule has 0 aromatic rings. The number of likely N-dealkylation sites (N-methyl/N-ethyl adjacent to an activating group) is 1. The molecule has 0 radical (unpaired) electrons. The summed E-state index contributed by atoms with van der Waals surface area (Å²) in [7, 11) is 1.54. The molecule has 186 valence electrons. The van der Waals surface area contributed by atoms with Gasteiger partial charge in [0.05, 0.1) is 6.54 Å². The number of rotatable bonds is 13. The molecule has 0 fully saturated rings. The number of amides is 4. The van der Waals surface area contributed by atoms with E-state index >= 15 is 0 Å². The summed E-state index contributed by atoms with van der Waals surface area (Å²) in [5.41, 5.74) is 26.3. The van der Waals surface area contributed by atoms with Gasteiger partial charge in [0.2, 0.25) is 11.9 Å². The SMILES string of the molecule is CN(C(=O)CC(CCCN=C(N)N)NCCCCN=C(N)N)C1CN=C(NC(N)=O)NC1=O. The third kappa shape index (κ3) is 11.5. The quantitative estimate of drug-likeness (QED) is 0.0759. The van der Waals surface area contributed by atoms with Crippen molar-refractivity contribution in [2.24, 2.45) is 43.6 Å². The Bertz CT molecular complexity index is 759. The molecule has 1 aliphatic rings. The molecular formula is C18H36N12O3. The first-order valence-corrected chi connectivity index (χ1v) is 10.6. The van der Waals surface area contributed by atoms with Crippen molar-refractivity contribution in [2.75, 3.05) is 33.2 Å². The van der Waals surface area contributed by atoms with Crippen LogP contribution in [0.3, 0.4) is 0 Å². The molecule has 2 atom stereocenters. The Hall–Kier alpha value is -3.62.